The third-order valence-electron chi connectivity index (χ3n) is 3.27. The summed E-state index contributed by atoms with van der Waals surface area (Å²) in [5.41, 5.74) is 2.40. The molecule has 94 valence electrons. The standard InChI is InChI=1S/C14H20O3/c1-2-16-10-17-14-8-4-7-13(14)11-5-3-6-12(15)9-11/h7,9,14H,2-6,8,10H2,1H3. The van der Waals surface area contributed by atoms with E-state index in [1.807, 2.05) is 6.92 Å². The SMILES string of the molecule is CCOCOC1CCC=C1C1=CC(=O)CCC1. The Morgan fingerprint density at radius 3 is 3.06 bits per heavy atom. The first-order chi connectivity index (χ1) is 8.31. The van der Waals surface area contributed by atoms with Crippen LogP contribution in [0.5, 0.6) is 0 Å². The van der Waals surface area contributed by atoms with E-state index in [-0.39, 0.29) is 11.9 Å². The molecule has 2 aliphatic rings. The summed E-state index contributed by atoms with van der Waals surface area (Å²) < 4.78 is 10.9. The molecule has 0 amide bonds. The van der Waals surface area contributed by atoms with E-state index in [1.165, 1.54) is 11.1 Å². The maximum Gasteiger partial charge on any atom is 0.155 e. The van der Waals surface area contributed by atoms with Gasteiger partial charge in [0.15, 0.2) is 5.78 Å². The molecule has 0 heterocycles. The lowest BCUT2D eigenvalue weighted by Crippen LogP contribution is -2.17. The third kappa shape index (κ3) is 3.27. The van der Waals surface area contributed by atoms with Gasteiger partial charge in [0.05, 0.1) is 6.10 Å². The van der Waals surface area contributed by atoms with Gasteiger partial charge in [0, 0.05) is 13.0 Å². The van der Waals surface area contributed by atoms with Crippen molar-refractivity contribution in [3.63, 3.8) is 0 Å². The molecule has 0 aromatic rings. The summed E-state index contributed by atoms with van der Waals surface area (Å²) in [6.07, 6.45) is 8.86. The van der Waals surface area contributed by atoms with E-state index in [0.29, 0.717) is 19.8 Å². The van der Waals surface area contributed by atoms with Crippen LogP contribution < -0.4 is 0 Å². The average Bonchev–Trinajstić information content (AvgIpc) is 2.78. The third-order valence-corrected chi connectivity index (χ3v) is 3.27. The van der Waals surface area contributed by atoms with Crippen molar-refractivity contribution in [1.29, 1.82) is 0 Å². The van der Waals surface area contributed by atoms with Gasteiger partial charge in [-0.05, 0) is 49.8 Å². The van der Waals surface area contributed by atoms with Crippen LogP contribution in [0.25, 0.3) is 0 Å². The first kappa shape index (κ1) is 12.5. The number of ether oxygens (including phenoxy) is 2. The minimum atomic E-state index is 0.124. The lowest BCUT2D eigenvalue weighted by molar-refractivity contribution is -0.115. The summed E-state index contributed by atoms with van der Waals surface area (Å²) in [6.45, 7) is 2.98. The molecule has 0 spiro atoms. The first-order valence-corrected chi connectivity index (χ1v) is 6.44. The van der Waals surface area contributed by atoms with E-state index < -0.39 is 0 Å². The summed E-state index contributed by atoms with van der Waals surface area (Å²) in [7, 11) is 0. The first-order valence-electron chi connectivity index (χ1n) is 6.44. The molecule has 1 unspecified atom stereocenters. The topological polar surface area (TPSA) is 35.5 Å². The molecule has 0 saturated carbocycles. The molecule has 0 saturated heterocycles. The molecule has 0 aliphatic heterocycles. The van der Waals surface area contributed by atoms with E-state index in [2.05, 4.69) is 6.08 Å². The predicted octanol–water partition coefficient (Wildman–Crippen LogP) is 2.77. The quantitative estimate of drug-likeness (QED) is 0.544. The number of hydrogen-bond acceptors (Lipinski definition) is 3. The average molecular weight is 236 g/mol. The fourth-order valence-electron chi connectivity index (χ4n) is 2.42. The summed E-state index contributed by atoms with van der Waals surface area (Å²) in [5.74, 6) is 0.252. The van der Waals surface area contributed by atoms with E-state index in [9.17, 15) is 4.79 Å². The maximum absolute atomic E-state index is 11.4. The van der Waals surface area contributed by atoms with E-state index in [1.54, 1.807) is 6.08 Å². The van der Waals surface area contributed by atoms with Gasteiger partial charge >= 0.3 is 0 Å². The summed E-state index contributed by atoms with van der Waals surface area (Å²) in [4.78, 5) is 11.4. The Bertz CT molecular complexity index is 341. The molecule has 17 heavy (non-hydrogen) atoms. The highest BCUT2D eigenvalue weighted by Gasteiger charge is 2.24. The van der Waals surface area contributed by atoms with Crippen molar-refractivity contribution >= 4 is 5.78 Å². The van der Waals surface area contributed by atoms with Crippen molar-refractivity contribution in [2.75, 3.05) is 13.4 Å². The molecular weight excluding hydrogens is 216 g/mol. The minimum absolute atomic E-state index is 0.124. The Hall–Kier alpha value is -0.930. The van der Waals surface area contributed by atoms with E-state index in [0.717, 1.165) is 25.7 Å². The van der Waals surface area contributed by atoms with Crippen LogP contribution in [0, 0.1) is 0 Å². The van der Waals surface area contributed by atoms with Crippen molar-refractivity contribution in [3.8, 4) is 0 Å². The maximum atomic E-state index is 11.4. The van der Waals surface area contributed by atoms with Crippen LogP contribution in [0.4, 0.5) is 0 Å². The molecule has 3 nitrogen and oxygen atoms in total. The van der Waals surface area contributed by atoms with Gasteiger partial charge in [0.2, 0.25) is 0 Å². The highest BCUT2D eigenvalue weighted by atomic mass is 16.7. The highest BCUT2D eigenvalue weighted by Crippen LogP contribution is 2.32. The van der Waals surface area contributed by atoms with Gasteiger partial charge in [-0.15, -0.1) is 0 Å². The molecule has 0 radical (unpaired) electrons. The zero-order chi connectivity index (χ0) is 12.1. The van der Waals surface area contributed by atoms with Crippen LogP contribution in [0.2, 0.25) is 0 Å². The van der Waals surface area contributed by atoms with Crippen LogP contribution in [-0.2, 0) is 14.3 Å². The second-order valence-corrected chi connectivity index (χ2v) is 4.49. The van der Waals surface area contributed by atoms with Crippen LogP contribution in [0.3, 0.4) is 0 Å². The largest absolute Gasteiger partial charge is 0.356 e. The van der Waals surface area contributed by atoms with Crippen LogP contribution >= 0.6 is 0 Å². The molecule has 0 fully saturated rings. The highest BCUT2D eigenvalue weighted by molar-refractivity contribution is 5.92. The number of rotatable bonds is 5. The van der Waals surface area contributed by atoms with Gasteiger partial charge in [-0.1, -0.05) is 6.08 Å². The lowest BCUT2D eigenvalue weighted by Gasteiger charge is -2.20. The fourth-order valence-corrected chi connectivity index (χ4v) is 2.42. The van der Waals surface area contributed by atoms with Crippen LogP contribution in [0.15, 0.2) is 23.3 Å². The monoisotopic (exact) mass is 236 g/mol. The zero-order valence-corrected chi connectivity index (χ0v) is 10.4. The normalized spacial score (nSPS) is 24.8. The lowest BCUT2D eigenvalue weighted by atomic mass is 9.91. The molecule has 0 N–H and O–H groups in total. The predicted molar refractivity (Wildman–Crippen MR) is 65.6 cm³/mol. The van der Waals surface area contributed by atoms with Crippen molar-refractivity contribution in [3.05, 3.63) is 23.3 Å². The molecule has 2 aliphatic carbocycles. The van der Waals surface area contributed by atoms with Gasteiger partial charge < -0.3 is 9.47 Å². The zero-order valence-electron chi connectivity index (χ0n) is 10.4. The molecule has 2 rings (SSSR count). The van der Waals surface area contributed by atoms with Gasteiger partial charge in [0.25, 0.3) is 0 Å². The number of allylic oxidation sites excluding steroid dienone is 2. The van der Waals surface area contributed by atoms with Crippen molar-refractivity contribution < 1.29 is 14.3 Å². The second-order valence-electron chi connectivity index (χ2n) is 4.49. The number of carbonyl (C=O) groups excluding carboxylic acids is 1. The van der Waals surface area contributed by atoms with Gasteiger partial charge in [0.1, 0.15) is 6.79 Å². The molecule has 1 atom stereocenters. The Morgan fingerprint density at radius 2 is 2.29 bits per heavy atom. The minimum Gasteiger partial charge on any atom is -0.356 e. The number of hydrogen-bond donors (Lipinski definition) is 0. The van der Waals surface area contributed by atoms with E-state index in [4.69, 9.17) is 9.47 Å². The van der Waals surface area contributed by atoms with Crippen LogP contribution in [-0.4, -0.2) is 25.3 Å². The molecule has 0 aromatic heterocycles. The summed E-state index contributed by atoms with van der Waals surface area (Å²) >= 11 is 0. The number of ketones is 1. The Balaban J connectivity index is 1.96. The smallest absolute Gasteiger partial charge is 0.155 e. The summed E-state index contributed by atoms with van der Waals surface area (Å²) in [6, 6.07) is 0. The molecule has 3 heteroatoms. The van der Waals surface area contributed by atoms with E-state index >= 15 is 0 Å². The summed E-state index contributed by atoms with van der Waals surface area (Å²) in [5, 5.41) is 0. The second kappa shape index (κ2) is 6.12. The Morgan fingerprint density at radius 1 is 1.41 bits per heavy atom. The van der Waals surface area contributed by atoms with Gasteiger partial charge in [-0.25, -0.2) is 0 Å². The van der Waals surface area contributed by atoms with Crippen molar-refractivity contribution in [1.82, 2.24) is 0 Å². The molecule has 0 bridgehead atoms. The molecular formula is C14H20O3. The number of carbonyl (C=O) groups is 1. The van der Waals surface area contributed by atoms with Crippen LogP contribution in [0.1, 0.15) is 39.0 Å². The van der Waals surface area contributed by atoms with Crippen molar-refractivity contribution in [2.45, 2.75) is 45.1 Å². The Labute approximate surface area is 102 Å². The Kier molecular flexibility index (Phi) is 4.51. The van der Waals surface area contributed by atoms with Gasteiger partial charge in [-0.3, -0.25) is 4.79 Å². The van der Waals surface area contributed by atoms with Gasteiger partial charge in [-0.2, -0.15) is 0 Å². The van der Waals surface area contributed by atoms with Crippen molar-refractivity contribution in [2.24, 2.45) is 0 Å². The fraction of sp³-hybridized carbons (Fsp3) is 0.643. The molecule has 0 aromatic carbocycles.